The molecule has 1 fully saturated rings. The first kappa shape index (κ1) is 16.6. The zero-order chi connectivity index (χ0) is 16.8. The van der Waals surface area contributed by atoms with E-state index in [1.165, 1.54) is 5.56 Å². The van der Waals surface area contributed by atoms with Gasteiger partial charge < -0.3 is 9.42 Å². The molecule has 3 rings (SSSR count). The highest BCUT2D eigenvalue weighted by Gasteiger charge is 2.28. The van der Waals surface area contributed by atoms with Gasteiger partial charge in [0.15, 0.2) is 5.82 Å². The van der Waals surface area contributed by atoms with Crippen LogP contribution in [0.3, 0.4) is 0 Å². The Morgan fingerprint density at radius 2 is 2.17 bits per heavy atom. The first-order valence-electron chi connectivity index (χ1n) is 8.76. The molecule has 0 N–H and O–H groups in total. The molecule has 1 unspecified atom stereocenters. The molecule has 6 heteroatoms. The highest BCUT2D eigenvalue weighted by molar-refractivity contribution is 5.77. The second-order valence-corrected chi connectivity index (χ2v) is 6.24. The second kappa shape index (κ2) is 8.04. The molecular weight excluding hydrogens is 304 g/mol. The molecule has 0 saturated carbocycles. The van der Waals surface area contributed by atoms with Gasteiger partial charge in [-0.15, -0.1) is 0 Å². The minimum atomic E-state index is 0.198. The van der Waals surface area contributed by atoms with Crippen molar-refractivity contribution in [2.45, 2.75) is 57.9 Å². The van der Waals surface area contributed by atoms with E-state index in [9.17, 15) is 4.79 Å². The van der Waals surface area contributed by atoms with Gasteiger partial charge in [0.1, 0.15) is 0 Å². The molecule has 0 aromatic carbocycles. The fourth-order valence-electron chi connectivity index (χ4n) is 3.24. The van der Waals surface area contributed by atoms with Crippen LogP contribution in [-0.2, 0) is 24.1 Å². The summed E-state index contributed by atoms with van der Waals surface area (Å²) in [6.45, 7) is 2.85. The van der Waals surface area contributed by atoms with Crippen molar-refractivity contribution in [2.24, 2.45) is 0 Å². The van der Waals surface area contributed by atoms with Crippen LogP contribution >= 0.6 is 0 Å². The summed E-state index contributed by atoms with van der Waals surface area (Å²) in [6, 6.07) is 4.43. The number of rotatable bonds is 7. The van der Waals surface area contributed by atoms with E-state index in [2.05, 4.69) is 15.1 Å². The summed E-state index contributed by atoms with van der Waals surface area (Å²) in [5.41, 5.74) is 1.28. The minimum Gasteiger partial charge on any atom is -0.340 e. The number of aryl methyl sites for hydroxylation is 3. The molecule has 2 aromatic heterocycles. The summed E-state index contributed by atoms with van der Waals surface area (Å²) >= 11 is 0. The van der Waals surface area contributed by atoms with Gasteiger partial charge in [-0.05, 0) is 43.4 Å². The Morgan fingerprint density at radius 1 is 1.33 bits per heavy atom. The van der Waals surface area contributed by atoms with Crippen molar-refractivity contribution in [3.8, 4) is 0 Å². The number of hydrogen-bond acceptors (Lipinski definition) is 5. The van der Waals surface area contributed by atoms with Crippen LogP contribution in [0.1, 0.15) is 49.9 Å². The van der Waals surface area contributed by atoms with Gasteiger partial charge in [0.05, 0.1) is 0 Å². The molecule has 1 amide bonds. The minimum absolute atomic E-state index is 0.198. The van der Waals surface area contributed by atoms with Gasteiger partial charge in [-0.3, -0.25) is 9.78 Å². The standard InChI is InChI=1S/C18H24N4O2/c1-2-16-20-17(24-21-16)7-8-18(23)22-13-3-4-15(22)6-5-14-9-11-19-12-10-14/h9-12,15H,2-8,13H2,1H3. The summed E-state index contributed by atoms with van der Waals surface area (Å²) < 4.78 is 5.16. The SMILES string of the molecule is CCc1noc(CCC(=O)N2CCCC2CCc2ccncc2)n1. The van der Waals surface area contributed by atoms with Gasteiger partial charge >= 0.3 is 0 Å². The molecule has 1 saturated heterocycles. The quantitative estimate of drug-likeness (QED) is 0.781. The normalized spacial score (nSPS) is 17.4. The first-order chi connectivity index (χ1) is 11.8. The highest BCUT2D eigenvalue weighted by atomic mass is 16.5. The predicted molar refractivity (Wildman–Crippen MR) is 89.3 cm³/mol. The fraction of sp³-hybridized carbons (Fsp3) is 0.556. The lowest BCUT2D eigenvalue weighted by Gasteiger charge is -2.24. The number of likely N-dealkylation sites (tertiary alicyclic amines) is 1. The van der Waals surface area contributed by atoms with Crippen molar-refractivity contribution >= 4 is 5.91 Å². The third-order valence-electron chi connectivity index (χ3n) is 4.59. The molecule has 2 aromatic rings. The summed E-state index contributed by atoms with van der Waals surface area (Å²) in [5.74, 6) is 1.46. The van der Waals surface area contributed by atoms with E-state index >= 15 is 0 Å². The van der Waals surface area contributed by atoms with E-state index in [4.69, 9.17) is 4.52 Å². The predicted octanol–water partition coefficient (Wildman–Crippen LogP) is 2.58. The van der Waals surface area contributed by atoms with Gasteiger partial charge in [-0.25, -0.2) is 0 Å². The third-order valence-corrected chi connectivity index (χ3v) is 4.59. The van der Waals surface area contributed by atoms with Crippen molar-refractivity contribution in [3.63, 3.8) is 0 Å². The lowest BCUT2D eigenvalue weighted by atomic mass is 10.0. The van der Waals surface area contributed by atoms with Crippen LogP contribution in [0.4, 0.5) is 0 Å². The number of pyridine rings is 1. The van der Waals surface area contributed by atoms with Crippen LogP contribution < -0.4 is 0 Å². The Bertz CT molecular complexity index is 656. The Morgan fingerprint density at radius 3 is 2.92 bits per heavy atom. The number of nitrogens with zero attached hydrogens (tertiary/aromatic N) is 4. The largest absolute Gasteiger partial charge is 0.340 e. The maximum atomic E-state index is 12.5. The van der Waals surface area contributed by atoms with Gasteiger partial charge in [0, 0.05) is 44.2 Å². The van der Waals surface area contributed by atoms with Crippen LogP contribution in [-0.4, -0.2) is 38.5 Å². The van der Waals surface area contributed by atoms with Crippen molar-refractivity contribution in [1.29, 1.82) is 0 Å². The molecule has 1 atom stereocenters. The van der Waals surface area contributed by atoms with E-state index in [1.807, 2.05) is 36.4 Å². The van der Waals surface area contributed by atoms with Crippen molar-refractivity contribution in [3.05, 3.63) is 41.8 Å². The van der Waals surface area contributed by atoms with Crippen LogP contribution in [0, 0.1) is 0 Å². The summed E-state index contributed by atoms with van der Waals surface area (Å²) in [4.78, 5) is 22.9. The first-order valence-corrected chi connectivity index (χ1v) is 8.76. The van der Waals surface area contributed by atoms with E-state index in [-0.39, 0.29) is 5.91 Å². The molecule has 3 heterocycles. The summed E-state index contributed by atoms with van der Waals surface area (Å²) in [6.07, 6.45) is 9.54. The molecule has 0 bridgehead atoms. The number of hydrogen-bond donors (Lipinski definition) is 0. The Hall–Kier alpha value is -2.24. The number of amides is 1. The maximum absolute atomic E-state index is 12.5. The second-order valence-electron chi connectivity index (χ2n) is 6.24. The fourth-order valence-corrected chi connectivity index (χ4v) is 3.24. The summed E-state index contributed by atoms with van der Waals surface area (Å²) in [7, 11) is 0. The Kier molecular flexibility index (Phi) is 5.56. The number of carbonyl (C=O) groups is 1. The van der Waals surface area contributed by atoms with Crippen LogP contribution in [0.25, 0.3) is 0 Å². The van der Waals surface area contributed by atoms with Crippen LogP contribution in [0.2, 0.25) is 0 Å². The summed E-state index contributed by atoms with van der Waals surface area (Å²) in [5, 5.41) is 3.87. The lowest BCUT2D eigenvalue weighted by Crippen LogP contribution is -2.36. The van der Waals surface area contributed by atoms with E-state index in [0.29, 0.717) is 30.6 Å². The van der Waals surface area contributed by atoms with E-state index in [1.54, 1.807) is 0 Å². The van der Waals surface area contributed by atoms with Gasteiger partial charge in [-0.2, -0.15) is 4.98 Å². The Balaban J connectivity index is 1.49. The molecule has 0 spiro atoms. The molecular formula is C18H24N4O2. The van der Waals surface area contributed by atoms with E-state index < -0.39 is 0 Å². The van der Waals surface area contributed by atoms with Crippen LogP contribution in [0.5, 0.6) is 0 Å². The highest BCUT2D eigenvalue weighted by Crippen LogP contribution is 2.23. The zero-order valence-electron chi connectivity index (χ0n) is 14.1. The third kappa shape index (κ3) is 4.19. The average Bonchev–Trinajstić information content (AvgIpc) is 3.28. The van der Waals surface area contributed by atoms with Gasteiger partial charge in [0.2, 0.25) is 11.8 Å². The van der Waals surface area contributed by atoms with Crippen molar-refractivity contribution in [2.75, 3.05) is 6.54 Å². The van der Waals surface area contributed by atoms with Gasteiger partial charge in [-0.1, -0.05) is 12.1 Å². The molecule has 1 aliphatic rings. The van der Waals surface area contributed by atoms with Crippen molar-refractivity contribution in [1.82, 2.24) is 20.0 Å². The van der Waals surface area contributed by atoms with Crippen LogP contribution in [0.15, 0.2) is 29.0 Å². The molecule has 128 valence electrons. The molecule has 0 aliphatic carbocycles. The molecule has 0 radical (unpaired) electrons. The zero-order valence-corrected chi connectivity index (χ0v) is 14.1. The molecule has 6 nitrogen and oxygen atoms in total. The maximum Gasteiger partial charge on any atom is 0.227 e. The smallest absolute Gasteiger partial charge is 0.227 e. The molecule has 24 heavy (non-hydrogen) atoms. The topological polar surface area (TPSA) is 72.1 Å². The monoisotopic (exact) mass is 328 g/mol. The Labute approximate surface area is 142 Å². The number of carbonyl (C=O) groups excluding carboxylic acids is 1. The van der Waals surface area contributed by atoms with Crippen molar-refractivity contribution < 1.29 is 9.32 Å². The average molecular weight is 328 g/mol. The number of aromatic nitrogens is 3. The van der Waals surface area contributed by atoms with Gasteiger partial charge in [0.25, 0.3) is 0 Å². The van der Waals surface area contributed by atoms with E-state index in [0.717, 1.165) is 38.6 Å². The molecule has 1 aliphatic heterocycles. The lowest BCUT2D eigenvalue weighted by molar-refractivity contribution is -0.132.